The quantitative estimate of drug-likeness (QED) is 0.788. The molecule has 2 aromatic rings. The van der Waals surface area contributed by atoms with Crippen LogP contribution in [0, 0.1) is 5.92 Å². The fourth-order valence-electron chi connectivity index (χ4n) is 2.68. The van der Waals surface area contributed by atoms with Crippen LogP contribution in [0.15, 0.2) is 45.7 Å². The van der Waals surface area contributed by atoms with Gasteiger partial charge < -0.3 is 10.2 Å². The van der Waals surface area contributed by atoms with E-state index in [0.29, 0.717) is 6.54 Å². The normalized spacial score (nSPS) is 17.8. The van der Waals surface area contributed by atoms with Gasteiger partial charge in [0.25, 0.3) is 0 Å². The third-order valence-corrected chi connectivity index (χ3v) is 5.00. The second-order valence-corrected chi connectivity index (χ2v) is 7.23. The van der Waals surface area contributed by atoms with Gasteiger partial charge in [0.2, 0.25) is 5.91 Å². The molecule has 1 fully saturated rings. The van der Waals surface area contributed by atoms with Crippen molar-refractivity contribution in [1.82, 2.24) is 9.97 Å². The van der Waals surface area contributed by atoms with Gasteiger partial charge in [-0.1, -0.05) is 15.9 Å². The number of carbonyl (C=O) groups is 1. The molecule has 0 radical (unpaired) electrons. The Hall–Kier alpha value is -1.47. The summed E-state index contributed by atoms with van der Waals surface area (Å²) in [7, 11) is 0. The van der Waals surface area contributed by atoms with Crippen LogP contribution in [0.3, 0.4) is 0 Å². The number of hydrogen-bond acceptors (Lipinski definition) is 4. The average Bonchev–Trinajstić information content (AvgIpc) is 2.58. The lowest BCUT2D eigenvalue weighted by atomic mass is 9.97. The van der Waals surface area contributed by atoms with Crippen LogP contribution in [-0.2, 0) is 4.79 Å². The number of halogens is 2. The molecule has 0 spiro atoms. The van der Waals surface area contributed by atoms with E-state index in [-0.39, 0.29) is 11.8 Å². The minimum absolute atomic E-state index is 0.0432. The number of amides is 1. The first-order valence-corrected chi connectivity index (χ1v) is 8.99. The maximum atomic E-state index is 12.6. The number of carbonyl (C=O) groups excluding carboxylic acids is 1. The Morgan fingerprint density at radius 1 is 1.30 bits per heavy atom. The zero-order valence-electron chi connectivity index (χ0n) is 12.4. The van der Waals surface area contributed by atoms with Gasteiger partial charge in [0.1, 0.15) is 5.82 Å². The van der Waals surface area contributed by atoms with Crippen molar-refractivity contribution in [3.8, 4) is 0 Å². The zero-order valence-corrected chi connectivity index (χ0v) is 15.5. The summed E-state index contributed by atoms with van der Waals surface area (Å²) < 4.78 is 1.83. The lowest BCUT2D eigenvalue weighted by molar-refractivity contribution is -0.120. The van der Waals surface area contributed by atoms with E-state index < -0.39 is 0 Å². The number of piperidine rings is 1. The molecule has 23 heavy (non-hydrogen) atoms. The molecule has 1 aliphatic rings. The predicted octanol–water partition coefficient (Wildman–Crippen LogP) is 3.86. The molecule has 1 aliphatic heterocycles. The van der Waals surface area contributed by atoms with Crippen LogP contribution in [0.1, 0.15) is 12.8 Å². The molecule has 3 rings (SSSR count). The molecule has 1 aromatic carbocycles. The minimum atomic E-state index is -0.0543. The highest BCUT2D eigenvalue weighted by Gasteiger charge is 2.27. The van der Waals surface area contributed by atoms with E-state index in [1.807, 2.05) is 18.2 Å². The number of hydrogen-bond donors (Lipinski definition) is 1. The third kappa shape index (κ3) is 4.09. The monoisotopic (exact) mass is 438 g/mol. The average molecular weight is 440 g/mol. The van der Waals surface area contributed by atoms with Crippen molar-refractivity contribution < 1.29 is 4.79 Å². The van der Waals surface area contributed by atoms with Crippen molar-refractivity contribution in [2.45, 2.75) is 12.8 Å². The summed E-state index contributed by atoms with van der Waals surface area (Å²) in [5, 5.41) is 3.01. The van der Waals surface area contributed by atoms with Gasteiger partial charge in [-0.3, -0.25) is 9.78 Å². The van der Waals surface area contributed by atoms with Crippen molar-refractivity contribution in [2.24, 2.45) is 5.92 Å². The first-order chi connectivity index (χ1) is 11.1. The molecule has 0 saturated carbocycles. The van der Waals surface area contributed by atoms with E-state index in [1.165, 1.54) is 0 Å². The fraction of sp³-hybridized carbons (Fsp3) is 0.312. The summed E-state index contributed by atoms with van der Waals surface area (Å²) in [6.07, 6.45) is 6.93. The first kappa shape index (κ1) is 16.4. The lowest BCUT2D eigenvalue weighted by Gasteiger charge is -2.32. The van der Waals surface area contributed by atoms with E-state index in [2.05, 4.69) is 52.0 Å². The fourth-order valence-corrected chi connectivity index (χ4v) is 3.83. The van der Waals surface area contributed by atoms with Gasteiger partial charge >= 0.3 is 0 Å². The van der Waals surface area contributed by atoms with Gasteiger partial charge in [-0.05, 0) is 47.0 Å². The van der Waals surface area contributed by atoms with E-state index in [1.54, 1.807) is 18.6 Å². The summed E-state index contributed by atoms with van der Waals surface area (Å²) in [5.74, 6) is 0.817. The standard InChI is InChI=1S/C16H16Br2N4O/c17-12-3-4-14(13(18)8-12)21-16(23)11-2-1-7-22(10-11)15-9-19-5-6-20-15/h3-6,8-9,11H,1-2,7,10H2,(H,21,23). The van der Waals surface area contributed by atoms with Crippen molar-refractivity contribution in [1.29, 1.82) is 0 Å². The van der Waals surface area contributed by atoms with Gasteiger partial charge in [0.15, 0.2) is 0 Å². The zero-order chi connectivity index (χ0) is 16.2. The van der Waals surface area contributed by atoms with E-state index >= 15 is 0 Å². The largest absolute Gasteiger partial charge is 0.355 e. The van der Waals surface area contributed by atoms with Crippen LogP contribution >= 0.6 is 31.9 Å². The molecule has 120 valence electrons. The van der Waals surface area contributed by atoms with Crippen LogP contribution in [0.4, 0.5) is 11.5 Å². The van der Waals surface area contributed by atoms with Gasteiger partial charge in [-0.2, -0.15) is 0 Å². The Bertz CT molecular complexity index is 696. The summed E-state index contributed by atoms with van der Waals surface area (Å²) in [5.41, 5.74) is 0.787. The van der Waals surface area contributed by atoms with E-state index in [9.17, 15) is 4.79 Å². The maximum absolute atomic E-state index is 12.6. The van der Waals surface area contributed by atoms with Crippen LogP contribution in [-0.4, -0.2) is 29.0 Å². The summed E-state index contributed by atoms with van der Waals surface area (Å²) in [6.45, 7) is 1.57. The highest BCUT2D eigenvalue weighted by Crippen LogP contribution is 2.28. The molecule has 2 heterocycles. The number of rotatable bonds is 3. The first-order valence-electron chi connectivity index (χ1n) is 7.40. The van der Waals surface area contributed by atoms with Crippen molar-refractivity contribution in [3.05, 3.63) is 45.7 Å². The predicted molar refractivity (Wildman–Crippen MR) is 97.4 cm³/mol. The van der Waals surface area contributed by atoms with Gasteiger partial charge in [-0.15, -0.1) is 0 Å². The highest BCUT2D eigenvalue weighted by molar-refractivity contribution is 9.11. The van der Waals surface area contributed by atoms with Gasteiger partial charge in [0.05, 0.1) is 17.8 Å². The van der Waals surface area contributed by atoms with Crippen LogP contribution in [0.5, 0.6) is 0 Å². The molecule has 5 nitrogen and oxygen atoms in total. The molecule has 1 unspecified atom stereocenters. The lowest BCUT2D eigenvalue weighted by Crippen LogP contribution is -2.41. The van der Waals surface area contributed by atoms with Crippen molar-refractivity contribution in [2.75, 3.05) is 23.3 Å². The van der Waals surface area contributed by atoms with E-state index in [4.69, 9.17) is 0 Å². The molecule has 1 amide bonds. The molecular weight excluding hydrogens is 424 g/mol. The SMILES string of the molecule is O=C(Nc1ccc(Br)cc1Br)C1CCCN(c2cnccn2)C1. The van der Waals surface area contributed by atoms with Gasteiger partial charge in [-0.25, -0.2) is 4.98 Å². The summed E-state index contributed by atoms with van der Waals surface area (Å²) in [4.78, 5) is 23.1. The highest BCUT2D eigenvalue weighted by atomic mass is 79.9. The van der Waals surface area contributed by atoms with Crippen LogP contribution in [0.25, 0.3) is 0 Å². The summed E-state index contributed by atoms with van der Waals surface area (Å²) in [6, 6.07) is 5.71. The Morgan fingerprint density at radius 3 is 2.91 bits per heavy atom. The van der Waals surface area contributed by atoms with Gasteiger partial charge in [0, 0.05) is 34.4 Å². The Labute approximate surface area is 151 Å². The molecular formula is C16H16Br2N4O. The third-order valence-electron chi connectivity index (χ3n) is 3.85. The topological polar surface area (TPSA) is 58.1 Å². The van der Waals surface area contributed by atoms with Crippen LogP contribution < -0.4 is 10.2 Å². The Balaban J connectivity index is 1.67. The van der Waals surface area contributed by atoms with Crippen molar-refractivity contribution in [3.63, 3.8) is 0 Å². The number of anilines is 2. The molecule has 0 aliphatic carbocycles. The second kappa shape index (κ2) is 7.40. The smallest absolute Gasteiger partial charge is 0.229 e. The van der Waals surface area contributed by atoms with Crippen LogP contribution in [0.2, 0.25) is 0 Å². The Morgan fingerprint density at radius 2 is 2.17 bits per heavy atom. The molecule has 0 bridgehead atoms. The number of benzene rings is 1. The molecule has 7 heteroatoms. The molecule has 1 saturated heterocycles. The molecule has 1 aromatic heterocycles. The molecule has 1 atom stereocenters. The second-order valence-electron chi connectivity index (χ2n) is 5.46. The van der Waals surface area contributed by atoms with Crippen molar-refractivity contribution >= 4 is 49.3 Å². The number of aromatic nitrogens is 2. The number of nitrogens with zero attached hydrogens (tertiary/aromatic N) is 3. The maximum Gasteiger partial charge on any atom is 0.229 e. The van der Waals surface area contributed by atoms with E-state index in [0.717, 1.165) is 39.8 Å². The summed E-state index contributed by atoms with van der Waals surface area (Å²) >= 11 is 6.89. The molecule has 1 N–H and O–H groups in total. The number of nitrogens with one attached hydrogen (secondary N) is 1. The minimum Gasteiger partial charge on any atom is -0.355 e. The Kier molecular flexibility index (Phi) is 5.27.